The van der Waals surface area contributed by atoms with Crippen molar-refractivity contribution in [3.05, 3.63) is 65.5 Å². The van der Waals surface area contributed by atoms with Gasteiger partial charge in [0, 0.05) is 30.3 Å². The third-order valence-electron chi connectivity index (χ3n) is 4.90. The third kappa shape index (κ3) is 4.47. The molecule has 0 spiro atoms. The van der Waals surface area contributed by atoms with Crippen LogP contribution in [0.4, 0.5) is 10.1 Å². The SMILES string of the molecule is CCc1ccc(NC(=S)N2CCC(C(=O)c3ccc(F)cc3)CC2)cc1. The van der Waals surface area contributed by atoms with E-state index in [1.807, 2.05) is 12.1 Å². The van der Waals surface area contributed by atoms with E-state index in [1.54, 1.807) is 12.1 Å². The van der Waals surface area contributed by atoms with E-state index in [0.29, 0.717) is 10.7 Å². The summed E-state index contributed by atoms with van der Waals surface area (Å²) in [5, 5.41) is 3.97. The number of anilines is 1. The first-order chi connectivity index (χ1) is 12.6. The van der Waals surface area contributed by atoms with Crippen molar-refractivity contribution >= 4 is 28.8 Å². The average molecular weight is 370 g/mol. The highest BCUT2D eigenvalue weighted by Crippen LogP contribution is 2.23. The number of nitrogens with zero attached hydrogens (tertiary/aromatic N) is 1. The summed E-state index contributed by atoms with van der Waals surface area (Å²) in [6.45, 7) is 3.62. The number of piperidine rings is 1. The predicted molar refractivity (Wildman–Crippen MR) is 107 cm³/mol. The van der Waals surface area contributed by atoms with Gasteiger partial charge in [-0.3, -0.25) is 4.79 Å². The lowest BCUT2D eigenvalue weighted by Crippen LogP contribution is -2.42. The number of benzene rings is 2. The number of hydrogen-bond acceptors (Lipinski definition) is 2. The van der Waals surface area contributed by atoms with Gasteiger partial charge in [0.05, 0.1) is 0 Å². The maximum atomic E-state index is 13.0. The highest BCUT2D eigenvalue weighted by Gasteiger charge is 2.26. The van der Waals surface area contributed by atoms with E-state index in [-0.39, 0.29) is 17.5 Å². The quantitative estimate of drug-likeness (QED) is 0.626. The second kappa shape index (κ2) is 8.41. The van der Waals surface area contributed by atoms with Crippen LogP contribution in [0.3, 0.4) is 0 Å². The van der Waals surface area contributed by atoms with Gasteiger partial charge in [0.2, 0.25) is 0 Å². The van der Waals surface area contributed by atoms with Crippen LogP contribution in [0.2, 0.25) is 0 Å². The van der Waals surface area contributed by atoms with E-state index < -0.39 is 0 Å². The van der Waals surface area contributed by atoms with Gasteiger partial charge in [-0.2, -0.15) is 0 Å². The molecule has 1 fully saturated rings. The van der Waals surface area contributed by atoms with Crippen LogP contribution in [0.25, 0.3) is 0 Å². The first-order valence-corrected chi connectivity index (χ1v) is 9.42. The summed E-state index contributed by atoms with van der Waals surface area (Å²) in [7, 11) is 0. The van der Waals surface area contributed by atoms with Gasteiger partial charge >= 0.3 is 0 Å². The number of carbonyl (C=O) groups is 1. The molecular weight excluding hydrogens is 347 g/mol. The number of halogens is 1. The van der Waals surface area contributed by atoms with Crippen LogP contribution in [0.1, 0.15) is 35.7 Å². The van der Waals surface area contributed by atoms with Crippen LogP contribution in [-0.2, 0) is 6.42 Å². The highest BCUT2D eigenvalue weighted by molar-refractivity contribution is 7.80. The molecule has 3 nitrogen and oxygen atoms in total. The number of Topliss-reactive ketones (excluding diaryl/α,β-unsaturated/α-hetero) is 1. The van der Waals surface area contributed by atoms with Gasteiger partial charge in [-0.05, 0) is 73.4 Å². The summed E-state index contributed by atoms with van der Waals surface area (Å²) in [6.07, 6.45) is 2.53. The Morgan fingerprint density at radius 2 is 1.73 bits per heavy atom. The molecule has 0 saturated carbocycles. The fourth-order valence-corrected chi connectivity index (χ4v) is 3.52. The molecule has 26 heavy (non-hydrogen) atoms. The molecule has 1 aliphatic rings. The zero-order chi connectivity index (χ0) is 18.5. The fourth-order valence-electron chi connectivity index (χ4n) is 3.22. The largest absolute Gasteiger partial charge is 0.349 e. The van der Waals surface area contributed by atoms with Crippen LogP contribution < -0.4 is 5.32 Å². The van der Waals surface area contributed by atoms with Gasteiger partial charge < -0.3 is 10.2 Å². The van der Waals surface area contributed by atoms with E-state index in [9.17, 15) is 9.18 Å². The second-order valence-electron chi connectivity index (χ2n) is 6.61. The van der Waals surface area contributed by atoms with E-state index in [4.69, 9.17) is 12.2 Å². The normalized spacial score (nSPS) is 14.9. The summed E-state index contributed by atoms with van der Waals surface area (Å²) >= 11 is 5.52. The molecule has 0 aliphatic carbocycles. The third-order valence-corrected chi connectivity index (χ3v) is 5.26. The van der Waals surface area contributed by atoms with Gasteiger partial charge in [0.15, 0.2) is 10.9 Å². The summed E-state index contributed by atoms with van der Waals surface area (Å²) in [5.41, 5.74) is 2.86. The number of hydrogen-bond donors (Lipinski definition) is 1. The Kier molecular flexibility index (Phi) is 5.99. The van der Waals surface area contributed by atoms with Gasteiger partial charge in [-0.15, -0.1) is 0 Å². The molecule has 0 unspecified atom stereocenters. The van der Waals surface area contributed by atoms with E-state index >= 15 is 0 Å². The van der Waals surface area contributed by atoms with Crippen molar-refractivity contribution in [1.29, 1.82) is 0 Å². The Hall–Kier alpha value is -2.27. The predicted octanol–water partition coefficient (Wildman–Crippen LogP) is 4.68. The molecule has 1 heterocycles. The number of carbonyl (C=O) groups excluding carboxylic acids is 1. The molecule has 1 aliphatic heterocycles. The number of thiocarbonyl (C=S) groups is 1. The Morgan fingerprint density at radius 1 is 1.12 bits per heavy atom. The monoisotopic (exact) mass is 370 g/mol. The highest BCUT2D eigenvalue weighted by atomic mass is 32.1. The molecule has 1 saturated heterocycles. The molecule has 1 N–H and O–H groups in total. The topological polar surface area (TPSA) is 32.3 Å². The Labute approximate surface area is 159 Å². The average Bonchev–Trinajstić information content (AvgIpc) is 2.69. The summed E-state index contributed by atoms with van der Waals surface area (Å²) in [6, 6.07) is 14.1. The fraction of sp³-hybridized carbons (Fsp3) is 0.333. The number of ketones is 1. The summed E-state index contributed by atoms with van der Waals surface area (Å²) in [5.74, 6) is -0.248. The van der Waals surface area contributed by atoms with Crippen molar-refractivity contribution in [3.63, 3.8) is 0 Å². The van der Waals surface area contributed by atoms with Gasteiger partial charge in [-0.1, -0.05) is 19.1 Å². The lowest BCUT2D eigenvalue weighted by atomic mass is 9.89. The number of nitrogens with one attached hydrogen (secondary N) is 1. The van der Waals surface area contributed by atoms with Gasteiger partial charge in [0.25, 0.3) is 0 Å². The molecular formula is C21H23FN2OS. The van der Waals surface area contributed by atoms with Crippen molar-refractivity contribution in [1.82, 2.24) is 4.90 Å². The van der Waals surface area contributed by atoms with Crippen LogP contribution in [-0.4, -0.2) is 28.9 Å². The van der Waals surface area contributed by atoms with Crippen LogP contribution >= 0.6 is 12.2 Å². The standard InChI is InChI=1S/C21H23FN2OS/c1-2-15-3-9-19(10-4-15)23-21(26)24-13-11-17(12-14-24)20(25)16-5-7-18(22)8-6-16/h3-10,17H,2,11-14H2,1H3,(H,23,26). The lowest BCUT2D eigenvalue weighted by molar-refractivity contribution is 0.0873. The van der Waals surface area contributed by atoms with E-state index in [2.05, 4.69) is 29.3 Å². The number of rotatable bonds is 4. The Bertz CT molecular complexity index is 766. The molecule has 136 valence electrons. The molecule has 0 atom stereocenters. The number of aryl methyl sites for hydroxylation is 1. The van der Waals surface area contributed by atoms with Gasteiger partial charge in [0.1, 0.15) is 5.82 Å². The molecule has 0 bridgehead atoms. The second-order valence-corrected chi connectivity index (χ2v) is 7.00. The molecule has 0 aromatic heterocycles. The van der Waals surface area contributed by atoms with Crippen molar-refractivity contribution in [2.24, 2.45) is 5.92 Å². The van der Waals surface area contributed by atoms with Crippen LogP contribution in [0, 0.1) is 11.7 Å². The summed E-state index contributed by atoms with van der Waals surface area (Å²) in [4.78, 5) is 14.7. The minimum atomic E-state index is -0.320. The van der Waals surface area contributed by atoms with Crippen molar-refractivity contribution in [2.75, 3.05) is 18.4 Å². The first-order valence-electron chi connectivity index (χ1n) is 9.01. The zero-order valence-corrected chi connectivity index (χ0v) is 15.7. The zero-order valence-electron chi connectivity index (χ0n) is 14.9. The minimum absolute atomic E-state index is 0.0247. The molecule has 2 aromatic rings. The van der Waals surface area contributed by atoms with Crippen LogP contribution in [0.5, 0.6) is 0 Å². The molecule has 5 heteroatoms. The van der Waals surface area contributed by atoms with Crippen molar-refractivity contribution in [3.8, 4) is 0 Å². The van der Waals surface area contributed by atoms with Gasteiger partial charge in [-0.25, -0.2) is 4.39 Å². The molecule has 0 radical (unpaired) electrons. The maximum absolute atomic E-state index is 13.0. The van der Waals surface area contributed by atoms with Crippen LogP contribution in [0.15, 0.2) is 48.5 Å². The Morgan fingerprint density at radius 3 is 2.31 bits per heavy atom. The van der Waals surface area contributed by atoms with Crippen molar-refractivity contribution in [2.45, 2.75) is 26.2 Å². The summed E-state index contributed by atoms with van der Waals surface area (Å²) < 4.78 is 13.0. The lowest BCUT2D eigenvalue weighted by Gasteiger charge is -2.33. The van der Waals surface area contributed by atoms with E-state index in [0.717, 1.165) is 38.0 Å². The molecule has 2 aromatic carbocycles. The molecule has 0 amide bonds. The maximum Gasteiger partial charge on any atom is 0.173 e. The minimum Gasteiger partial charge on any atom is -0.349 e. The van der Waals surface area contributed by atoms with Crippen molar-refractivity contribution < 1.29 is 9.18 Å². The molecule has 3 rings (SSSR count). The Balaban J connectivity index is 1.53. The smallest absolute Gasteiger partial charge is 0.173 e. The van der Waals surface area contributed by atoms with E-state index in [1.165, 1.54) is 17.7 Å². The number of likely N-dealkylation sites (tertiary alicyclic amines) is 1. The first kappa shape index (κ1) is 18.5.